The van der Waals surface area contributed by atoms with Crippen molar-refractivity contribution in [3.63, 3.8) is 0 Å². The fourth-order valence-corrected chi connectivity index (χ4v) is 1.88. The number of nitrogens with two attached hydrogens (primary N) is 1. The van der Waals surface area contributed by atoms with E-state index in [1.54, 1.807) is 11.3 Å². The lowest BCUT2D eigenvalue weighted by atomic mass is 10.3. The molecule has 0 bridgehead atoms. The van der Waals surface area contributed by atoms with Gasteiger partial charge in [0.1, 0.15) is 0 Å². The highest BCUT2D eigenvalue weighted by molar-refractivity contribution is 7.71. The third kappa shape index (κ3) is 1.38. The van der Waals surface area contributed by atoms with E-state index >= 15 is 0 Å². The molecular formula is C7H8N4S2. The molecule has 0 unspecified atom stereocenters. The Morgan fingerprint density at radius 1 is 1.69 bits per heavy atom. The maximum absolute atomic E-state index is 5.67. The maximum atomic E-state index is 5.67. The van der Waals surface area contributed by atoms with Crippen molar-refractivity contribution in [3.05, 3.63) is 21.1 Å². The number of hydrogen-bond donors (Lipinski definition) is 2. The van der Waals surface area contributed by atoms with Crippen LogP contribution in [0.25, 0.3) is 11.4 Å². The second-order valence-corrected chi connectivity index (χ2v) is 4.17. The zero-order chi connectivity index (χ0) is 9.42. The van der Waals surface area contributed by atoms with Gasteiger partial charge in [-0.25, -0.2) is 9.77 Å². The Balaban J connectivity index is 2.58. The van der Waals surface area contributed by atoms with E-state index in [-0.39, 0.29) is 0 Å². The maximum Gasteiger partial charge on any atom is 0.214 e. The molecule has 0 aliphatic heterocycles. The first-order chi connectivity index (χ1) is 6.18. The summed E-state index contributed by atoms with van der Waals surface area (Å²) in [5.41, 5.74) is 0.998. The molecule has 0 radical (unpaired) electrons. The quantitative estimate of drug-likeness (QED) is 0.558. The zero-order valence-corrected chi connectivity index (χ0v) is 8.58. The van der Waals surface area contributed by atoms with E-state index in [1.807, 2.05) is 18.4 Å². The number of thiophene rings is 1. The van der Waals surface area contributed by atoms with Gasteiger partial charge in [-0.2, -0.15) is 5.10 Å². The third-order valence-electron chi connectivity index (χ3n) is 1.69. The number of nitrogens with one attached hydrogen (secondary N) is 1. The van der Waals surface area contributed by atoms with Crippen molar-refractivity contribution in [1.82, 2.24) is 14.9 Å². The van der Waals surface area contributed by atoms with Gasteiger partial charge in [-0.15, -0.1) is 11.3 Å². The molecule has 0 aliphatic carbocycles. The smallest absolute Gasteiger partial charge is 0.214 e. The molecule has 3 N–H and O–H groups in total. The largest absolute Gasteiger partial charge is 0.335 e. The monoisotopic (exact) mass is 212 g/mol. The van der Waals surface area contributed by atoms with Crippen LogP contribution in [0.5, 0.6) is 0 Å². The van der Waals surface area contributed by atoms with Crippen LogP contribution in [-0.2, 0) is 0 Å². The summed E-state index contributed by atoms with van der Waals surface area (Å²) in [6, 6.07) is 2.03. The van der Waals surface area contributed by atoms with Crippen LogP contribution in [0.2, 0.25) is 0 Å². The number of hydrogen-bond acceptors (Lipinski definition) is 4. The average Bonchev–Trinajstić information content (AvgIpc) is 2.62. The molecule has 0 aromatic carbocycles. The van der Waals surface area contributed by atoms with Crippen molar-refractivity contribution in [2.45, 2.75) is 6.92 Å². The minimum absolute atomic E-state index is 0.429. The second-order valence-electron chi connectivity index (χ2n) is 2.67. The number of rotatable bonds is 1. The highest BCUT2D eigenvalue weighted by atomic mass is 32.1. The molecule has 13 heavy (non-hydrogen) atoms. The van der Waals surface area contributed by atoms with Gasteiger partial charge in [-0.3, -0.25) is 0 Å². The molecule has 2 rings (SSSR count). The predicted octanol–water partition coefficient (Wildman–Crippen LogP) is 1.69. The molecule has 68 valence electrons. The first kappa shape index (κ1) is 8.46. The molecule has 0 amide bonds. The molecule has 2 aromatic rings. The molecule has 0 fully saturated rings. The van der Waals surface area contributed by atoms with Crippen molar-refractivity contribution >= 4 is 23.6 Å². The normalized spacial score (nSPS) is 10.5. The fourth-order valence-electron chi connectivity index (χ4n) is 1.07. The predicted molar refractivity (Wildman–Crippen MR) is 55.6 cm³/mol. The Hall–Kier alpha value is -1.14. The van der Waals surface area contributed by atoms with Crippen molar-refractivity contribution in [3.8, 4) is 11.4 Å². The minimum atomic E-state index is 0.429. The van der Waals surface area contributed by atoms with E-state index in [9.17, 15) is 0 Å². The standard InChI is InChI=1S/C7H8N4S2/c1-4-2-5(3-13-4)6-9-10-7(12)11(6)8/h2-3H,8H2,1H3,(H,10,12). The van der Waals surface area contributed by atoms with Gasteiger partial charge >= 0.3 is 0 Å². The number of nitrogens with zero attached hydrogens (tertiary/aromatic N) is 2. The number of H-pyrrole nitrogens is 1. The molecule has 0 aliphatic rings. The highest BCUT2D eigenvalue weighted by Gasteiger charge is 2.06. The van der Waals surface area contributed by atoms with Crippen LogP contribution in [0.3, 0.4) is 0 Å². The van der Waals surface area contributed by atoms with E-state index in [0.717, 1.165) is 5.56 Å². The van der Waals surface area contributed by atoms with Gasteiger partial charge < -0.3 is 5.84 Å². The third-order valence-corrected chi connectivity index (χ3v) is 2.84. The van der Waals surface area contributed by atoms with Gasteiger partial charge in [-0.05, 0) is 25.2 Å². The van der Waals surface area contributed by atoms with Gasteiger partial charge in [0.2, 0.25) is 4.77 Å². The molecule has 0 saturated heterocycles. The van der Waals surface area contributed by atoms with Crippen molar-refractivity contribution < 1.29 is 0 Å². The van der Waals surface area contributed by atoms with Crippen molar-refractivity contribution in [2.24, 2.45) is 0 Å². The van der Waals surface area contributed by atoms with Gasteiger partial charge in [-0.1, -0.05) is 0 Å². The Kier molecular flexibility index (Phi) is 1.93. The Morgan fingerprint density at radius 2 is 2.46 bits per heavy atom. The lowest BCUT2D eigenvalue weighted by molar-refractivity contribution is 0.985. The van der Waals surface area contributed by atoms with Gasteiger partial charge in [0.15, 0.2) is 5.82 Å². The number of aryl methyl sites for hydroxylation is 1. The van der Waals surface area contributed by atoms with Crippen LogP contribution in [-0.4, -0.2) is 14.9 Å². The van der Waals surface area contributed by atoms with Crippen molar-refractivity contribution in [1.29, 1.82) is 0 Å². The molecular weight excluding hydrogens is 204 g/mol. The first-order valence-corrected chi connectivity index (χ1v) is 4.95. The summed E-state index contributed by atoms with van der Waals surface area (Å²) in [6.07, 6.45) is 0. The molecule has 6 heteroatoms. The molecule has 0 atom stereocenters. The van der Waals surface area contributed by atoms with E-state index in [4.69, 9.17) is 18.1 Å². The topological polar surface area (TPSA) is 59.6 Å². The van der Waals surface area contributed by atoms with Crippen molar-refractivity contribution in [2.75, 3.05) is 5.84 Å². The fraction of sp³-hybridized carbons (Fsp3) is 0.143. The minimum Gasteiger partial charge on any atom is -0.335 e. The van der Waals surface area contributed by atoms with Gasteiger partial charge in [0, 0.05) is 15.8 Å². The van der Waals surface area contributed by atoms with Gasteiger partial charge in [0.05, 0.1) is 0 Å². The summed E-state index contributed by atoms with van der Waals surface area (Å²) >= 11 is 6.56. The van der Waals surface area contributed by atoms with E-state index in [2.05, 4.69) is 10.2 Å². The Morgan fingerprint density at radius 3 is 2.92 bits per heavy atom. The number of aromatic amines is 1. The molecule has 2 heterocycles. The molecule has 0 saturated carbocycles. The summed E-state index contributed by atoms with van der Waals surface area (Å²) in [5, 5.41) is 8.67. The van der Waals surface area contributed by atoms with Crippen LogP contribution in [0.1, 0.15) is 4.88 Å². The summed E-state index contributed by atoms with van der Waals surface area (Å²) in [4.78, 5) is 1.23. The van der Waals surface area contributed by atoms with Gasteiger partial charge in [0.25, 0.3) is 0 Å². The molecule has 0 spiro atoms. The lowest BCUT2D eigenvalue weighted by Gasteiger charge is -1.94. The highest BCUT2D eigenvalue weighted by Crippen LogP contribution is 2.22. The molecule has 2 aromatic heterocycles. The number of nitrogen functional groups attached to an aromatic ring is 1. The van der Waals surface area contributed by atoms with Crippen LogP contribution in [0.15, 0.2) is 11.4 Å². The summed E-state index contributed by atoms with van der Waals surface area (Å²) in [5.74, 6) is 6.34. The van der Waals surface area contributed by atoms with E-state index < -0.39 is 0 Å². The second kappa shape index (κ2) is 2.97. The Labute approximate surface area is 84.0 Å². The number of aromatic nitrogens is 3. The van der Waals surface area contributed by atoms with E-state index in [0.29, 0.717) is 10.6 Å². The Bertz CT molecular complexity index is 479. The first-order valence-electron chi connectivity index (χ1n) is 3.66. The van der Waals surface area contributed by atoms with Crippen LogP contribution >= 0.6 is 23.6 Å². The SMILES string of the molecule is Cc1cc(-c2n[nH]c(=S)n2N)cs1. The zero-order valence-electron chi connectivity index (χ0n) is 6.94. The van der Waals surface area contributed by atoms with Crippen LogP contribution in [0.4, 0.5) is 0 Å². The molecule has 4 nitrogen and oxygen atoms in total. The van der Waals surface area contributed by atoms with E-state index in [1.165, 1.54) is 9.55 Å². The van der Waals surface area contributed by atoms with Crippen LogP contribution in [0, 0.1) is 11.7 Å². The van der Waals surface area contributed by atoms with Crippen LogP contribution < -0.4 is 5.84 Å². The summed E-state index contributed by atoms with van der Waals surface area (Å²) in [7, 11) is 0. The summed E-state index contributed by atoms with van der Waals surface area (Å²) in [6.45, 7) is 2.04. The summed E-state index contributed by atoms with van der Waals surface area (Å²) < 4.78 is 1.80. The lowest BCUT2D eigenvalue weighted by Crippen LogP contribution is -2.09. The average molecular weight is 212 g/mol.